The number of nitrogens with zero attached hydrogens (tertiary/aromatic N) is 3. The molecule has 2 N–H and O–H groups in total. The summed E-state index contributed by atoms with van der Waals surface area (Å²) in [5.41, 5.74) is 2.73. The fraction of sp³-hybridized carbons (Fsp3) is 0.476. The molecule has 0 amide bonds. The van der Waals surface area contributed by atoms with Gasteiger partial charge in [-0.1, -0.05) is 6.07 Å². The molecule has 2 aromatic heterocycles. The number of nitrogens with one attached hydrogen (secondary N) is 1. The summed E-state index contributed by atoms with van der Waals surface area (Å²) in [6, 6.07) is 4.22. The normalized spacial score (nSPS) is 14.0. The van der Waals surface area contributed by atoms with Gasteiger partial charge in [-0.15, -0.1) is 0 Å². The molecule has 7 nitrogen and oxygen atoms in total. The Balaban J connectivity index is 1.39. The van der Waals surface area contributed by atoms with Crippen LogP contribution in [0.2, 0.25) is 0 Å². The minimum atomic E-state index is -0.972. The van der Waals surface area contributed by atoms with Crippen LogP contribution in [0.1, 0.15) is 61.4 Å². The van der Waals surface area contributed by atoms with E-state index in [0.29, 0.717) is 12.1 Å². The minimum absolute atomic E-state index is 0.0928. The Morgan fingerprint density at radius 3 is 2.86 bits per heavy atom. The van der Waals surface area contributed by atoms with Crippen molar-refractivity contribution < 1.29 is 14.7 Å². The number of pyridine rings is 1. The molecule has 1 atom stereocenters. The molecule has 0 aromatic carbocycles. The number of carbonyl (C=O) groups excluding carboxylic acids is 1. The number of aromatic nitrogens is 3. The number of Topliss-reactive ketones (excluding diaryl/α,β-unsaturated/α-hetero) is 1. The summed E-state index contributed by atoms with van der Waals surface area (Å²) in [6.07, 6.45) is 10.1. The third kappa shape index (κ3) is 5.58. The van der Waals surface area contributed by atoms with Crippen LogP contribution < -0.4 is 5.32 Å². The minimum Gasteiger partial charge on any atom is -0.481 e. The molecule has 3 rings (SSSR count). The number of unbranched alkanes of at least 4 members (excludes halogenated alkanes) is 1. The molecule has 7 heteroatoms. The first kappa shape index (κ1) is 19.9. The first-order chi connectivity index (χ1) is 13.6. The summed E-state index contributed by atoms with van der Waals surface area (Å²) >= 11 is 0. The third-order valence-corrected chi connectivity index (χ3v) is 5.04. The fourth-order valence-corrected chi connectivity index (χ4v) is 3.46. The van der Waals surface area contributed by atoms with Crippen LogP contribution >= 0.6 is 0 Å². The van der Waals surface area contributed by atoms with Crippen LogP contribution in [-0.2, 0) is 22.4 Å². The molecule has 0 fully saturated rings. The maximum absolute atomic E-state index is 12.1. The number of aryl methyl sites for hydroxylation is 2. The molecule has 0 spiro atoms. The molecule has 148 valence electrons. The van der Waals surface area contributed by atoms with Crippen molar-refractivity contribution in [2.45, 2.75) is 57.3 Å². The molecule has 0 saturated heterocycles. The van der Waals surface area contributed by atoms with E-state index in [9.17, 15) is 14.7 Å². The molecule has 0 saturated carbocycles. The number of carboxylic acid groups (broad SMARTS) is 1. The molecule has 1 aliphatic heterocycles. The number of hydrogen-bond acceptors (Lipinski definition) is 6. The standard InChI is InChI=1S/C21H26N4O3/c26-17(9-10-18(21(27)28)19-14-22-12-13-23-19)6-2-1-5-16-8-7-15-4-3-11-24-20(15)25-16/h7-8,12-14,18H,1-6,9-11H2,(H,24,25)(H,27,28). The van der Waals surface area contributed by atoms with E-state index in [1.54, 1.807) is 0 Å². The average Bonchev–Trinajstić information content (AvgIpc) is 2.72. The van der Waals surface area contributed by atoms with Gasteiger partial charge < -0.3 is 10.4 Å². The predicted octanol–water partition coefficient (Wildman–Crippen LogP) is 3.16. The largest absolute Gasteiger partial charge is 0.481 e. The zero-order chi connectivity index (χ0) is 19.8. The topological polar surface area (TPSA) is 105 Å². The van der Waals surface area contributed by atoms with Crippen LogP contribution in [0.3, 0.4) is 0 Å². The van der Waals surface area contributed by atoms with E-state index in [2.05, 4.69) is 32.4 Å². The predicted molar refractivity (Wildman–Crippen MR) is 105 cm³/mol. The maximum atomic E-state index is 12.1. The molecule has 2 aromatic rings. The highest BCUT2D eigenvalue weighted by molar-refractivity contribution is 5.80. The van der Waals surface area contributed by atoms with Gasteiger partial charge in [-0.05, 0) is 50.2 Å². The second-order valence-corrected chi connectivity index (χ2v) is 7.15. The number of anilines is 1. The third-order valence-electron chi connectivity index (χ3n) is 5.04. The summed E-state index contributed by atoms with van der Waals surface area (Å²) in [7, 11) is 0. The lowest BCUT2D eigenvalue weighted by molar-refractivity contribution is -0.139. The van der Waals surface area contributed by atoms with E-state index < -0.39 is 11.9 Å². The van der Waals surface area contributed by atoms with E-state index in [1.165, 1.54) is 24.2 Å². The SMILES string of the molecule is O=C(CCCCc1ccc2c(n1)NCCC2)CCC(C(=O)O)c1cnccn1. The molecule has 1 aliphatic rings. The van der Waals surface area contributed by atoms with Crippen molar-refractivity contribution in [2.75, 3.05) is 11.9 Å². The van der Waals surface area contributed by atoms with E-state index in [0.717, 1.165) is 50.2 Å². The number of ketones is 1. The van der Waals surface area contributed by atoms with Gasteiger partial charge in [-0.3, -0.25) is 19.6 Å². The lowest BCUT2D eigenvalue weighted by atomic mass is 9.96. The Labute approximate surface area is 164 Å². The van der Waals surface area contributed by atoms with Crippen molar-refractivity contribution in [1.29, 1.82) is 0 Å². The summed E-state index contributed by atoms with van der Waals surface area (Å²) < 4.78 is 0. The molecule has 3 heterocycles. The number of hydrogen-bond donors (Lipinski definition) is 2. The second-order valence-electron chi connectivity index (χ2n) is 7.15. The molecule has 0 radical (unpaired) electrons. The summed E-state index contributed by atoms with van der Waals surface area (Å²) in [6.45, 7) is 0.976. The average molecular weight is 382 g/mol. The van der Waals surface area contributed by atoms with Gasteiger partial charge in [-0.25, -0.2) is 4.98 Å². The summed E-state index contributed by atoms with van der Waals surface area (Å²) in [4.78, 5) is 36.2. The van der Waals surface area contributed by atoms with Crippen LogP contribution in [0.4, 0.5) is 5.82 Å². The van der Waals surface area contributed by atoms with Gasteiger partial charge >= 0.3 is 5.97 Å². The molecule has 0 aliphatic carbocycles. The molecule has 0 bridgehead atoms. The van der Waals surface area contributed by atoms with Crippen LogP contribution in [-0.4, -0.2) is 38.4 Å². The van der Waals surface area contributed by atoms with Crippen LogP contribution in [0.25, 0.3) is 0 Å². The Kier molecular flexibility index (Phi) is 7.06. The molecular formula is C21H26N4O3. The van der Waals surface area contributed by atoms with E-state index in [4.69, 9.17) is 0 Å². The van der Waals surface area contributed by atoms with Crippen molar-refractivity contribution >= 4 is 17.6 Å². The number of fused-ring (bicyclic) bond motifs is 1. The zero-order valence-electron chi connectivity index (χ0n) is 15.9. The van der Waals surface area contributed by atoms with Crippen LogP contribution in [0.15, 0.2) is 30.7 Å². The lowest BCUT2D eigenvalue weighted by Crippen LogP contribution is -2.15. The van der Waals surface area contributed by atoms with Gasteiger partial charge in [0.05, 0.1) is 5.69 Å². The highest BCUT2D eigenvalue weighted by Gasteiger charge is 2.22. The van der Waals surface area contributed by atoms with Crippen molar-refractivity contribution in [3.05, 3.63) is 47.7 Å². The van der Waals surface area contributed by atoms with Gasteiger partial charge in [0.15, 0.2) is 0 Å². The Morgan fingerprint density at radius 1 is 1.18 bits per heavy atom. The Hall–Kier alpha value is -2.83. The van der Waals surface area contributed by atoms with Crippen molar-refractivity contribution in [2.24, 2.45) is 0 Å². The Morgan fingerprint density at radius 2 is 2.07 bits per heavy atom. The van der Waals surface area contributed by atoms with E-state index in [-0.39, 0.29) is 18.6 Å². The van der Waals surface area contributed by atoms with Crippen molar-refractivity contribution in [3.63, 3.8) is 0 Å². The van der Waals surface area contributed by atoms with Gasteiger partial charge in [0.1, 0.15) is 17.5 Å². The highest BCUT2D eigenvalue weighted by Crippen LogP contribution is 2.21. The second kappa shape index (κ2) is 9.92. The van der Waals surface area contributed by atoms with Crippen molar-refractivity contribution in [1.82, 2.24) is 15.0 Å². The lowest BCUT2D eigenvalue weighted by Gasteiger charge is -2.17. The number of carbonyl (C=O) groups is 2. The van der Waals surface area contributed by atoms with E-state index in [1.807, 2.05) is 0 Å². The van der Waals surface area contributed by atoms with Gasteiger partial charge in [0.2, 0.25) is 0 Å². The Bertz CT molecular complexity index is 811. The van der Waals surface area contributed by atoms with Crippen molar-refractivity contribution in [3.8, 4) is 0 Å². The fourth-order valence-electron chi connectivity index (χ4n) is 3.46. The molecule has 1 unspecified atom stereocenters. The van der Waals surface area contributed by atoms with Gasteiger partial charge in [0.25, 0.3) is 0 Å². The molecular weight excluding hydrogens is 356 g/mol. The number of aliphatic carboxylic acids is 1. The summed E-state index contributed by atoms with van der Waals surface area (Å²) in [5.74, 6) is -0.663. The van der Waals surface area contributed by atoms with Crippen LogP contribution in [0, 0.1) is 0 Å². The smallest absolute Gasteiger partial charge is 0.312 e. The van der Waals surface area contributed by atoms with Crippen LogP contribution in [0.5, 0.6) is 0 Å². The first-order valence-corrected chi connectivity index (χ1v) is 9.86. The van der Waals surface area contributed by atoms with E-state index >= 15 is 0 Å². The summed E-state index contributed by atoms with van der Waals surface area (Å²) in [5, 5.41) is 12.7. The monoisotopic (exact) mass is 382 g/mol. The quantitative estimate of drug-likeness (QED) is 0.608. The van der Waals surface area contributed by atoms with Gasteiger partial charge in [0, 0.05) is 43.7 Å². The zero-order valence-corrected chi connectivity index (χ0v) is 15.9. The first-order valence-electron chi connectivity index (χ1n) is 9.86. The maximum Gasteiger partial charge on any atom is 0.312 e. The highest BCUT2D eigenvalue weighted by atomic mass is 16.4. The number of rotatable bonds is 10. The van der Waals surface area contributed by atoms with Gasteiger partial charge in [-0.2, -0.15) is 0 Å². The number of carboxylic acids is 1. The molecule has 28 heavy (non-hydrogen) atoms.